The third kappa shape index (κ3) is 2.15. The summed E-state index contributed by atoms with van der Waals surface area (Å²) in [6, 6.07) is 14.3. The van der Waals surface area contributed by atoms with Crippen molar-refractivity contribution in [3.05, 3.63) is 42.5 Å². The lowest BCUT2D eigenvalue weighted by atomic mass is 10.1. The van der Waals surface area contributed by atoms with Gasteiger partial charge < -0.3 is 5.73 Å². The maximum atomic E-state index is 5.70. The Balaban J connectivity index is 2.47. The highest BCUT2D eigenvalue weighted by atomic mass is 14.8. The molecular weight excluding hydrogens is 184 g/mol. The van der Waals surface area contributed by atoms with E-state index in [0.717, 1.165) is 12.1 Å². The molecule has 0 aliphatic heterocycles. The monoisotopic (exact) mass is 198 g/mol. The van der Waals surface area contributed by atoms with Crippen LogP contribution < -0.4 is 5.73 Å². The summed E-state index contributed by atoms with van der Waals surface area (Å²) < 4.78 is 0. The first-order chi connectivity index (χ1) is 7.29. The highest BCUT2D eigenvalue weighted by molar-refractivity contribution is 5.88. The molecule has 0 aromatic heterocycles. The van der Waals surface area contributed by atoms with Gasteiger partial charge in [0.05, 0.1) is 11.5 Å². The molecule has 2 heteroatoms. The molecule has 2 rings (SSSR count). The number of nitrogens with zero attached hydrogens (tertiary/aromatic N) is 1. The molecule has 0 aliphatic rings. The van der Waals surface area contributed by atoms with Crippen molar-refractivity contribution in [2.24, 2.45) is 10.7 Å². The van der Waals surface area contributed by atoms with Gasteiger partial charge in [0.25, 0.3) is 0 Å². The van der Waals surface area contributed by atoms with Gasteiger partial charge in [0.1, 0.15) is 0 Å². The molecule has 76 valence electrons. The quantitative estimate of drug-likeness (QED) is 0.584. The van der Waals surface area contributed by atoms with Gasteiger partial charge in [0.15, 0.2) is 0 Å². The average molecular weight is 198 g/mol. The van der Waals surface area contributed by atoms with E-state index in [1.165, 1.54) is 10.8 Å². The van der Waals surface area contributed by atoms with Crippen LogP contribution in [0.5, 0.6) is 0 Å². The van der Waals surface area contributed by atoms with Crippen molar-refractivity contribution in [3.63, 3.8) is 0 Å². The molecule has 0 fully saturated rings. The lowest BCUT2D eigenvalue weighted by molar-refractivity contribution is 1.24. The summed E-state index contributed by atoms with van der Waals surface area (Å²) in [6.07, 6.45) is 0.785. The predicted octanol–water partition coefficient (Wildman–Crippen LogP) is 3.24. The Morgan fingerprint density at radius 2 is 1.87 bits per heavy atom. The van der Waals surface area contributed by atoms with E-state index in [-0.39, 0.29) is 0 Å². The summed E-state index contributed by atoms with van der Waals surface area (Å²) in [4.78, 5) is 4.32. The minimum absolute atomic E-state index is 0.672. The van der Waals surface area contributed by atoms with Gasteiger partial charge in [-0.25, -0.2) is 4.99 Å². The molecule has 15 heavy (non-hydrogen) atoms. The molecule has 2 aromatic carbocycles. The Morgan fingerprint density at radius 1 is 1.13 bits per heavy atom. The minimum atomic E-state index is 0.672. The van der Waals surface area contributed by atoms with Gasteiger partial charge in [-0.05, 0) is 22.9 Å². The van der Waals surface area contributed by atoms with E-state index in [0.29, 0.717) is 5.84 Å². The van der Waals surface area contributed by atoms with Gasteiger partial charge in [0, 0.05) is 6.42 Å². The molecule has 0 aliphatic carbocycles. The molecule has 2 nitrogen and oxygen atoms in total. The highest BCUT2D eigenvalue weighted by Crippen LogP contribution is 2.20. The fourth-order valence-corrected chi connectivity index (χ4v) is 1.49. The molecule has 0 atom stereocenters. The zero-order chi connectivity index (χ0) is 10.7. The van der Waals surface area contributed by atoms with Crippen LogP contribution in [0.15, 0.2) is 47.5 Å². The van der Waals surface area contributed by atoms with Crippen molar-refractivity contribution in [2.75, 3.05) is 0 Å². The summed E-state index contributed by atoms with van der Waals surface area (Å²) in [5.41, 5.74) is 6.62. The summed E-state index contributed by atoms with van der Waals surface area (Å²) >= 11 is 0. The van der Waals surface area contributed by atoms with E-state index in [2.05, 4.69) is 29.3 Å². The summed E-state index contributed by atoms with van der Waals surface area (Å²) in [5, 5.41) is 2.43. The molecule has 2 N–H and O–H groups in total. The Hall–Kier alpha value is -1.83. The summed E-state index contributed by atoms with van der Waals surface area (Å²) in [7, 11) is 0. The second-order valence-corrected chi connectivity index (χ2v) is 3.49. The number of hydrogen-bond acceptors (Lipinski definition) is 1. The topological polar surface area (TPSA) is 38.4 Å². The Kier molecular flexibility index (Phi) is 2.68. The van der Waals surface area contributed by atoms with Crippen molar-refractivity contribution in [1.29, 1.82) is 0 Å². The van der Waals surface area contributed by atoms with Gasteiger partial charge in [0.2, 0.25) is 0 Å². The smallest absolute Gasteiger partial charge is 0.0993 e. The summed E-state index contributed by atoms with van der Waals surface area (Å²) in [5.74, 6) is 0.672. The molecule has 0 saturated heterocycles. The van der Waals surface area contributed by atoms with Crippen LogP contribution in [0.25, 0.3) is 10.8 Å². The van der Waals surface area contributed by atoms with E-state index in [1.807, 2.05) is 25.1 Å². The second kappa shape index (κ2) is 4.13. The van der Waals surface area contributed by atoms with Crippen LogP contribution in [0.1, 0.15) is 13.3 Å². The zero-order valence-corrected chi connectivity index (χ0v) is 8.77. The van der Waals surface area contributed by atoms with Crippen molar-refractivity contribution < 1.29 is 0 Å². The Labute approximate surface area is 89.4 Å². The second-order valence-electron chi connectivity index (χ2n) is 3.49. The van der Waals surface area contributed by atoms with Crippen molar-refractivity contribution in [1.82, 2.24) is 0 Å². The van der Waals surface area contributed by atoms with Crippen LogP contribution in [-0.2, 0) is 0 Å². The van der Waals surface area contributed by atoms with Crippen LogP contribution in [-0.4, -0.2) is 5.84 Å². The van der Waals surface area contributed by atoms with E-state index in [4.69, 9.17) is 5.73 Å². The largest absolute Gasteiger partial charge is 0.387 e. The van der Waals surface area contributed by atoms with Gasteiger partial charge in [-0.2, -0.15) is 0 Å². The maximum absolute atomic E-state index is 5.70. The first-order valence-electron chi connectivity index (χ1n) is 5.11. The Morgan fingerprint density at radius 3 is 2.60 bits per heavy atom. The number of amidine groups is 1. The molecule has 0 saturated carbocycles. The lowest BCUT2D eigenvalue weighted by Gasteiger charge is -2.00. The highest BCUT2D eigenvalue weighted by Gasteiger charge is 1.94. The van der Waals surface area contributed by atoms with Crippen LogP contribution >= 0.6 is 0 Å². The van der Waals surface area contributed by atoms with Crippen molar-refractivity contribution in [2.45, 2.75) is 13.3 Å². The van der Waals surface area contributed by atoms with Gasteiger partial charge in [-0.1, -0.05) is 37.3 Å². The number of nitrogens with two attached hydrogens (primary N) is 1. The van der Waals surface area contributed by atoms with Gasteiger partial charge >= 0.3 is 0 Å². The number of rotatable bonds is 2. The van der Waals surface area contributed by atoms with E-state index < -0.39 is 0 Å². The van der Waals surface area contributed by atoms with Crippen molar-refractivity contribution >= 4 is 22.3 Å². The normalized spacial score (nSPS) is 11.9. The summed E-state index contributed by atoms with van der Waals surface area (Å²) in [6.45, 7) is 2.00. The van der Waals surface area contributed by atoms with Crippen LogP contribution in [0.4, 0.5) is 5.69 Å². The first-order valence-corrected chi connectivity index (χ1v) is 5.11. The maximum Gasteiger partial charge on any atom is 0.0993 e. The molecular formula is C13H14N2. The fourth-order valence-electron chi connectivity index (χ4n) is 1.49. The molecule has 0 heterocycles. The number of fused-ring (bicyclic) bond motifs is 1. The van der Waals surface area contributed by atoms with E-state index in [9.17, 15) is 0 Å². The number of benzene rings is 2. The van der Waals surface area contributed by atoms with E-state index in [1.54, 1.807) is 0 Å². The van der Waals surface area contributed by atoms with Crippen molar-refractivity contribution in [3.8, 4) is 0 Å². The van der Waals surface area contributed by atoms with Gasteiger partial charge in [-0.3, -0.25) is 0 Å². The number of aliphatic imine (C=N–C) groups is 1. The molecule has 0 unspecified atom stereocenters. The predicted molar refractivity (Wildman–Crippen MR) is 65.5 cm³/mol. The third-order valence-electron chi connectivity index (χ3n) is 2.37. The first kappa shape index (κ1) is 9.71. The third-order valence-corrected chi connectivity index (χ3v) is 2.37. The molecule has 2 aromatic rings. The standard InChI is InChI=1S/C13H14N2/c1-2-13(14)15-12-8-7-10-5-3-4-6-11(10)9-12/h3-9H,2H2,1H3,(H2,14,15). The van der Waals surface area contributed by atoms with Crippen LogP contribution in [0.2, 0.25) is 0 Å². The lowest BCUT2D eigenvalue weighted by Crippen LogP contribution is -2.08. The van der Waals surface area contributed by atoms with Gasteiger partial charge in [-0.15, -0.1) is 0 Å². The van der Waals surface area contributed by atoms with E-state index >= 15 is 0 Å². The minimum Gasteiger partial charge on any atom is -0.387 e. The number of hydrogen-bond donors (Lipinski definition) is 1. The molecule has 0 amide bonds. The molecule has 0 bridgehead atoms. The fraction of sp³-hybridized carbons (Fsp3) is 0.154. The molecule has 0 radical (unpaired) electrons. The molecule has 0 spiro atoms. The average Bonchev–Trinajstić information content (AvgIpc) is 2.29. The SMILES string of the molecule is CCC(N)=Nc1ccc2ccccc2c1. The Bertz CT molecular complexity index is 501. The zero-order valence-electron chi connectivity index (χ0n) is 8.77. The van der Waals surface area contributed by atoms with Crippen LogP contribution in [0.3, 0.4) is 0 Å². The van der Waals surface area contributed by atoms with Crippen LogP contribution in [0, 0.1) is 0 Å².